The molecule has 1 heterocycles. The summed E-state index contributed by atoms with van der Waals surface area (Å²) in [5.74, 6) is 1.07. The van der Waals surface area contributed by atoms with E-state index in [2.05, 4.69) is 5.32 Å². The molecule has 0 spiro atoms. The highest BCUT2D eigenvalue weighted by Gasteiger charge is 2.15. The predicted molar refractivity (Wildman–Crippen MR) is 101 cm³/mol. The van der Waals surface area contributed by atoms with Gasteiger partial charge in [-0.15, -0.1) is 0 Å². The number of ether oxygens (including phenoxy) is 2. The van der Waals surface area contributed by atoms with Crippen LogP contribution in [-0.2, 0) is 0 Å². The Balaban J connectivity index is 1.67. The van der Waals surface area contributed by atoms with Gasteiger partial charge in [-0.1, -0.05) is 30.3 Å². The van der Waals surface area contributed by atoms with Crippen LogP contribution in [0.2, 0.25) is 0 Å². The van der Waals surface area contributed by atoms with Crippen molar-refractivity contribution in [1.82, 2.24) is 0 Å². The van der Waals surface area contributed by atoms with E-state index in [9.17, 15) is 4.79 Å². The van der Waals surface area contributed by atoms with E-state index in [1.165, 1.54) is 0 Å². The smallest absolute Gasteiger partial charge is 0.291 e. The molecule has 26 heavy (non-hydrogen) atoms. The minimum absolute atomic E-state index is 0.256. The molecule has 5 nitrogen and oxygen atoms in total. The molecule has 0 bridgehead atoms. The highest BCUT2D eigenvalue weighted by atomic mass is 16.5. The summed E-state index contributed by atoms with van der Waals surface area (Å²) in [6.45, 7) is 0. The van der Waals surface area contributed by atoms with Crippen LogP contribution in [0.3, 0.4) is 0 Å². The number of methoxy groups -OCH3 is 2. The van der Waals surface area contributed by atoms with Gasteiger partial charge < -0.3 is 19.2 Å². The minimum atomic E-state index is -0.322. The maximum Gasteiger partial charge on any atom is 0.291 e. The van der Waals surface area contributed by atoms with E-state index in [0.29, 0.717) is 22.8 Å². The average Bonchev–Trinajstić information content (AvgIpc) is 3.13. The SMILES string of the molecule is COc1ccc(NC(=O)c2cc3c(ccc4ccccc43)o2)cc1OC. The minimum Gasteiger partial charge on any atom is -0.493 e. The van der Waals surface area contributed by atoms with Gasteiger partial charge in [-0.25, -0.2) is 0 Å². The number of fused-ring (bicyclic) bond motifs is 3. The van der Waals surface area contributed by atoms with Crippen LogP contribution in [0.1, 0.15) is 10.6 Å². The normalized spacial score (nSPS) is 10.8. The molecule has 4 rings (SSSR count). The van der Waals surface area contributed by atoms with Gasteiger partial charge >= 0.3 is 0 Å². The van der Waals surface area contributed by atoms with Crippen molar-refractivity contribution in [3.63, 3.8) is 0 Å². The van der Waals surface area contributed by atoms with E-state index in [1.807, 2.05) is 36.4 Å². The van der Waals surface area contributed by atoms with Crippen molar-refractivity contribution < 1.29 is 18.7 Å². The van der Waals surface area contributed by atoms with E-state index in [4.69, 9.17) is 13.9 Å². The predicted octanol–water partition coefficient (Wildman–Crippen LogP) is 4.86. The maximum absolute atomic E-state index is 12.6. The van der Waals surface area contributed by atoms with Crippen molar-refractivity contribution >= 4 is 33.3 Å². The van der Waals surface area contributed by atoms with Crippen molar-refractivity contribution in [2.45, 2.75) is 0 Å². The summed E-state index contributed by atoms with van der Waals surface area (Å²) in [4.78, 5) is 12.6. The zero-order valence-electron chi connectivity index (χ0n) is 14.4. The summed E-state index contributed by atoms with van der Waals surface area (Å²) in [6.07, 6.45) is 0. The molecule has 0 radical (unpaired) electrons. The summed E-state index contributed by atoms with van der Waals surface area (Å²) < 4.78 is 16.2. The summed E-state index contributed by atoms with van der Waals surface area (Å²) in [5, 5.41) is 5.90. The van der Waals surface area contributed by atoms with Crippen molar-refractivity contribution in [1.29, 1.82) is 0 Å². The van der Waals surface area contributed by atoms with Gasteiger partial charge in [-0.2, -0.15) is 0 Å². The molecule has 1 aromatic heterocycles. The Kier molecular flexibility index (Phi) is 3.97. The number of carbonyl (C=O) groups is 1. The molecule has 1 N–H and O–H groups in total. The number of hydrogen-bond donors (Lipinski definition) is 1. The number of amides is 1. The lowest BCUT2D eigenvalue weighted by Gasteiger charge is -2.09. The molecule has 0 aliphatic carbocycles. The summed E-state index contributed by atoms with van der Waals surface area (Å²) in [5.41, 5.74) is 1.28. The first kappa shape index (κ1) is 16.0. The fourth-order valence-corrected chi connectivity index (χ4v) is 3.01. The molecule has 130 valence electrons. The molecule has 0 aliphatic heterocycles. The summed E-state index contributed by atoms with van der Waals surface area (Å²) >= 11 is 0. The highest BCUT2D eigenvalue weighted by molar-refractivity contribution is 6.10. The lowest BCUT2D eigenvalue weighted by Crippen LogP contribution is -2.10. The molecule has 3 aromatic carbocycles. The first-order valence-corrected chi connectivity index (χ1v) is 8.14. The second-order valence-corrected chi connectivity index (χ2v) is 5.83. The first-order chi connectivity index (χ1) is 12.7. The van der Waals surface area contributed by atoms with Gasteiger partial charge in [-0.05, 0) is 35.0 Å². The molecule has 0 unspecified atom stereocenters. The molecule has 0 saturated carbocycles. The van der Waals surface area contributed by atoms with E-state index < -0.39 is 0 Å². The van der Waals surface area contributed by atoms with Crippen LogP contribution >= 0.6 is 0 Å². The quantitative estimate of drug-likeness (QED) is 0.573. The molecular formula is C21H17NO4. The Morgan fingerprint density at radius 2 is 1.69 bits per heavy atom. The Morgan fingerprint density at radius 1 is 0.885 bits per heavy atom. The third-order valence-electron chi connectivity index (χ3n) is 4.29. The van der Waals surface area contributed by atoms with Gasteiger partial charge in [0, 0.05) is 17.1 Å². The van der Waals surface area contributed by atoms with E-state index in [1.54, 1.807) is 38.5 Å². The van der Waals surface area contributed by atoms with Crippen LogP contribution in [0.4, 0.5) is 5.69 Å². The van der Waals surface area contributed by atoms with Crippen LogP contribution in [-0.4, -0.2) is 20.1 Å². The largest absolute Gasteiger partial charge is 0.493 e. The molecule has 1 amide bonds. The summed E-state index contributed by atoms with van der Waals surface area (Å²) in [7, 11) is 3.11. The number of rotatable bonds is 4. The number of furan rings is 1. The summed E-state index contributed by atoms with van der Waals surface area (Å²) in [6, 6.07) is 18.8. The topological polar surface area (TPSA) is 60.7 Å². The highest BCUT2D eigenvalue weighted by Crippen LogP contribution is 2.31. The van der Waals surface area contributed by atoms with Crippen LogP contribution < -0.4 is 14.8 Å². The average molecular weight is 347 g/mol. The lowest BCUT2D eigenvalue weighted by molar-refractivity contribution is 0.0998. The Labute approximate surface area is 150 Å². The zero-order chi connectivity index (χ0) is 18.1. The molecular weight excluding hydrogens is 330 g/mol. The van der Waals surface area contributed by atoms with Gasteiger partial charge in [0.25, 0.3) is 5.91 Å². The third kappa shape index (κ3) is 2.73. The van der Waals surface area contributed by atoms with Gasteiger partial charge in [0.15, 0.2) is 17.3 Å². The number of hydrogen-bond acceptors (Lipinski definition) is 4. The van der Waals surface area contributed by atoms with Gasteiger partial charge in [0.2, 0.25) is 0 Å². The molecule has 0 fully saturated rings. The van der Waals surface area contributed by atoms with E-state index >= 15 is 0 Å². The van der Waals surface area contributed by atoms with E-state index in [0.717, 1.165) is 16.2 Å². The van der Waals surface area contributed by atoms with Gasteiger partial charge in [0.05, 0.1) is 14.2 Å². The first-order valence-electron chi connectivity index (χ1n) is 8.14. The maximum atomic E-state index is 12.6. The van der Waals surface area contributed by atoms with Gasteiger partial charge in [-0.3, -0.25) is 4.79 Å². The lowest BCUT2D eigenvalue weighted by atomic mass is 10.1. The number of anilines is 1. The van der Waals surface area contributed by atoms with Gasteiger partial charge in [0.1, 0.15) is 5.58 Å². The zero-order valence-corrected chi connectivity index (χ0v) is 14.4. The fraction of sp³-hybridized carbons (Fsp3) is 0.0952. The Hall–Kier alpha value is -3.47. The number of carbonyl (C=O) groups excluding carboxylic acids is 1. The molecule has 0 aliphatic rings. The van der Waals surface area contributed by atoms with Crippen molar-refractivity contribution in [3.8, 4) is 11.5 Å². The third-order valence-corrected chi connectivity index (χ3v) is 4.29. The van der Waals surface area contributed by atoms with Crippen molar-refractivity contribution in [3.05, 3.63) is 66.4 Å². The van der Waals surface area contributed by atoms with Crippen LogP contribution in [0.15, 0.2) is 65.1 Å². The fourth-order valence-electron chi connectivity index (χ4n) is 3.01. The number of nitrogens with one attached hydrogen (secondary N) is 1. The molecule has 0 atom stereocenters. The Morgan fingerprint density at radius 3 is 2.50 bits per heavy atom. The molecule has 0 saturated heterocycles. The van der Waals surface area contributed by atoms with Crippen molar-refractivity contribution in [2.24, 2.45) is 0 Å². The monoisotopic (exact) mass is 347 g/mol. The van der Waals surface area contributed by atoms with Crippen molar-refractivity contribution in [2.75, 3.05) is 19.5 Å². The second kappa shape index (κ2) is 6.44. The van der Waals surface area contributed by atoms with E-state index in [-0.39, 0.29) is 11.7 Å². The Bertz CT molecular complexity index is 1110. The van der Waals surface area contributed by atoms with Crippen LogP contribution in [0.25, 0.3) is 21.7 Å². The number of benzene rings is 3. The van der Waals surface area contributed by atoms with Crippen LogP contribution in [0, 0.1) is 0 Å². The molecule has 5 heteroatoms. The molecule has 4 aromatic rings. The second-order valence-electron chi connectivity index (χ2n) is 5.83. The standard InChI is InChI=1S/C21H17NO4/c1-24-18-10-8-14(11-19(18)25-2)22-21(23)20-12-16-15-6-4-3-5-13(15)7-9-17(16)26-20/h3-12H,1-2H3,(H,22,23). The van der Waals surface area contributed by atoms with Crippen LogP contribution in [0.5, 0.6) is 11.5 Å².